The number of hydrogen-bond acceptors (Lipinski definition) is 6. The van der Waals surface area contributed by atoms with Crippen LogP contribution in [0.4, 0.5) is 10.8 Å². The lowest BCUT2D eigenvalue weighted by atomic mass is 10.4. The fraction of sp³-hybridized carbons (Fsp3) is 0.571. The van der Waals surface area contributed by atoms with Gasteiger partial charge in [-0.25, -0.2) is 0 Å². The summed E-state index contributed by atoms with van der Waals surface area (Å²) in [5.41, 5.74) is 5.54. The summed E-state index contributed by atoms with van der Waals surface area (Å²) in [7, 11) is 1.55. The summed E-state index contributed by atoms with van der Waals surface area (Å²) in [6.45, 7) is 0.859. The second kappa shape index (κ2) is 4.88. The third kappa shape index (κ3) is 2.46. The highest BCUT2D eigenvalue weighted by Crippen LogP contribution is 2.34. The Morgan fingerprint density at radius 3 is 3.08 bits per heavy atom. The first-order valence-corrected chi connectivity index (χ1v) is 4.70. The van der Waals surface area contributed by atoms with Gasteiger partial charge in [0, 0.05) is 13.2 Å². The molecule has 6 heteroatoms. The van der Waals surface area contributed by atoms with Gasteiger partial charge in [-0.1, -0.05) is 0 Å². The summed E-state index contributed by atoms with van der Waals surface area (Å²) in [6.07, 6.45) is 0.695. The van der Waals surface area contributed by atoms with E-state index < -0.39 is 0 Å². The molecule has 0 fully saturated rings. The summed E-state index contributed by atoms with van der Waals surface area (Å²) in [5, 5.41) is 12.5. The van der Waals surface area contributed by atoms with Crippen molar-refractivity contribution in [1.29, 1.82) is 0 Å². The van der Waals surface area contributed by atoms with Gasteiger partial charge in [-0.15, -0.1) is 0 Å². The van der Waals surface area contributed by atoms with Gasteiger partial charge in [-0.05, 0) is 18.0 Å². The van der Waals surface area contributed by atoms with Crippen molar-refractivity contribution in [2.75, 3.05) is 31.3 Å². The Morgan fingerprint density at radius 2 is 2.46 bits per heavy atom. The number of aliphatic hydroxyl groups is 1. The molecule has 0 radical (unpaired) electrons. The highest BCUT2D eigenvalue weighted by atomic mass is 32.1. The van der Waals surface area contributed by atoms with E-state index in [1.807, 2.05) is 0 Å². The standard InChI is InChI=1S/C7H13N3O2S/c1-12-5-6(8)10-13-7(5)9-3-2-4-11/h9,11H,2-4H2,1H3,(H2,8,10). The second-order valence-electron chi connectivity index (χ2n) is 2.43. The van der Waals surface area contributed by atoms with Crippen molar-refractivity contribution >= 4 is 22.4 Å². The Labute approximate surface area is 80.7 Å². The predicted molar refractivity (Wildman–Crippen MR) is 53.3 cm³/mol. The monoisotopic (exact) mass is 203 g/mol. The van der Waals surface area contributed by atoms with Gasteiger partial charge in [0.1, 0.15) is 0 Å². The first kappa shape index (κ1) is 10.1. The van der Waals surface area contributed by atoms with Crippen LogP contribution >= 0.6 is 11.5 Å². The Hall–Kier alpha value is -1.01. The molecule has 0 aromatic carbocycles. The summed E-state index contributed by atoms with van der Waals surface area (Å²) in [4.78, 5) is 0. The number of methoxy groups -OCH3 is 1. The molecule has 1 aromatic heterocycles. The maximum Gasteiger partial charge on any atom is 0.197 e. The van der Waals surface area contributed by atoms with E-state index in [0.29, 0.717) is 24.5 Å². The molecule has 1 heterocycles. The van der Waals surface area contributed by atoms with E-state index in [-0.39, 0.29) is 6.61 Å². The molecule has 0 saturated carbocycles. The Morgan fingerprint density at radius 1 is 1.69 bits per heavy atom. The highest BCUT2D eigenvalue weighted by Gasteiger charge is 2.10. The number of anilines is 2. The van der Waals surface area contributed by atoms with Gasteiger partial charge in [0.05, 0.1) is 7.11 Å². The molecule has 0 spiro atoms. The number of aromatic nitrogens is 1. The number of nitrogens with one attached hydrogen (secondary N) is 1. The molecule has 0 amide bonds. The summed E-state index contributed by atoms with van der Waals surface area (Å²) in [6, 6.07) is 0. The minimum Gasteiger partial charge on any atom is -0.490 e. The van der Waals surface area contributed by atoms with Crippen LogP contribution in [-0.4, -0.2) is 29.7 Å². The molecule has 0 saturated heterocycles. The van der Waals surface area contributed by atoms with Crippen molar-refractivity contribution in [2.24, 2.45) is 0 Å². The van der Waals surface area contributed by atoms with Crippen LogP contribution < -0.4 is 15.8 Å². The first-order chi connectivity index (χ1) is 6.29. The van der Waals surface area contributed by atoms with E-state index in [9.17, 15) is 0 Å². The molecular formula is C7H13N3O2S. The highest BCUT2D eigenvalue weighted by molar-refractivity contribution is 7.11. The van der Waals surface area contributed by atoms with Crippen molar-refractivity contribution in [3.8, 4) is 5.75 Å². The maximum absolute atomic E-state index is 8.57. The molecule has 4 N–H and O–H groups in total. The predicted octanol–water partition coefficient (Wildman–Crippen LogP) is 0.528. The lowest BCUT2D eigenvalue weighted by molar-refractivity contribution is 0.292. The zero-order chi connectivity index (χ0) is 9.68. The lowest BCUT2D eigenvalue weighted by Gasteiger charge is -2.04. The van der Waals surface area contributed by atoms with Crippen LogP contribution in [0.5, 0.6) is 5.75 Å². The van der Waals surface area contributed by atoms with Crippen LogP contribution in [0.15, 0.2) is 0 Å². The van der Waals surface area contributed by atoms with Gasteiger partial charge in [0.15, 0.2) is 16.6 Å². The summed E-state index contributed by atoms with van der Waals surface area (Å²) < 4.78 is 8.98. The Balaban J connectivity index is 2.55. The topological polar surface area (TPSA) is 80.4 Å². The third-order valence-electron chi connectivity index (χ3n) is 1.50. The zero-order valence-corrected chi connectivity index (χ0v) is 8.23. The molecule has 0 aliphatic carbocycles. The van der Waals surface area contributed by atoms with Gasteiger partial charge < -0.3 is 20.9 Å². The smallest absolute Gasteiger partial charge is 0.197 e. The molecule has 0 unspecified atom stereocenters. The van der Waals surface area contributed by atoms with Crippen LogP contribution in [0, 0.1) is 0 Å². The lowest BCUT2D eigenvalue weighted by Crippen LogP contribution is -2.03. The van der Waals surface area contributed by atoms with Crippen LogP contribution in [-0.2, 0) is 0 Å². The molecule has 1 aromatic rings. The van der Waals surface area contributed by atoms with Crippen LogP contribution in [0.2, 0.25) is 0 Å². The van der Waals surface area contributed by atoms with Crippen molar-refractivity contribution in [1.82, 2.24) is 4.37 Å². The average Bonchev–Trinajstić information content (AvgIpc) is 2.47. The summed E-state index contributed by atoms with van der Waals surface area (Å²) >= 11 is 1.26. The molecule has 0 aliphatic rings. The van der Waals surface area contributed by atoms with Gasteiger partial charge in [-0.2, -0.15) is 4.37 Å². The van der Waals surface area contributed by atoms with E-state index in [2.05, 4.69) is 9.69 Å². The van der Waals surface area contributed by atoms with E-state index in [1.165, 1.54) is 11.5 Å². The van der Waals surface area contributed by atoms with E-state index in [4.69, 9.17) is 15.6 Å². The van der Waals surface area contributed by atoms with Crippen molar-refractivity contribution in [2.45, 2.75) is 6.42 Å². The normalized spacial score (nSPS) is 10.0. The zero-order valence-electron chi connectivity index (χ0n) is 7.41. The largest absolute Gasteiger partial charge is 0.490 e. The molecule has 0 bridgehead atoms. The number of aliphatic hydroxyl groups excluding tert-OH is 1. The maximum atomic E-state index is 8.57. The molecule has 74 valence electrons. The van der Waals surface area contributed by atoms with Crippen LogP contribution in [0.25, 0.3) is 0 Å². The van der Waals surface area contributed by atoms with Gasteiger partial charge in [0.25, 0.3) is 0 Å². The molecular weight excluding hydrogens is 190 g/mol. The number of nitrogens with two attached hydrogens (primary N) is 1. The Kier molecular flexibility index (Phi) is 3.78. The number of rotatable bonds is 5. The average molecular weight is 203 g/mol. The van der Waals surface area contributed by atoms with Crippen LogP contribution in [0.1, 0.15) is 6.42 Å². The van der Waals surface area contributed by atoms with Crippen molar-refractivity contribution in [3.05, 3.63) is 0 Å². The first-order valence-electron chi connectivity index (χ1n) is 3.93. The second-order valence-corrected chi connectivity index (χ2v) is 3.21. The Bertz CT molecular complexity index is 264. The number of nitrogens with zero attached hydrogens (tertiary/aromatic N) is 1. The fourth-order valence-electron chi connectivity index (χ4n) is 0.885. The van der Waals surface area contributed by atoms with Crippen molar-refractivity contribution in [3.63, 3.8) is 0 Å². The summed E-state index contributed by atoms with van der Waals surface area (Å²) in [5.74, 6) is 0.988. The van der Waals surface area contributed by atoms with E-state index in [0.717, 1.165) is 5.00 Å². The molecule has 0 atom stereocenters. The van der Waals surface area contributed by atoms with Gasteiger partial charge >= 0.3 is 0 Å². The van der Waals surface area contributed by atoms with Gasteiger partial charge in [0.2, 0.25) is 0 Å². The van der Waals surface area contributed by atoms with Gasteiger partial charge in [-0.3, -0.25) is 0 Å². The molecule has 1 rings (SSSR count). The number of ether oxygens (including phenoxy) is 1. The number of hydrogen-bond donors (Lipinski definition) is 3. The van der Waals surface area contributed by atoms with Crippen molar-refractivity contribution < 1.29 is 9.84 Å². The van der Waals surface area contributed by atoms with E-state index in [1.54, 1.807) is 7.11 Å². The third-order valence-corrected chi connectivity index (χ3v) is 2.30. The molecule has 5 nitrogen and oxygen atoms in total. The van der Waals surface area contributed by atoms with Crippen LogP contribution in [0.3, 0.4) is 0 Å². The molecule has 13 heavy (non-hydrogen) atoms. The molecule has 0 aliphatic heterocycles. The minimum atomic E-state index is 0.170. The quantitative estimate of drug-likeness (QED) is 0.608. The SMILES string of the molecule is COc1c(N)nsc1NCCCO. The minimum absolute atomic E-state index is 0.170. The number of nitrogen functional groups attached to an aromatic ring is 1. The van der Waals surface area contributed by atoms with E-state index >= 15 is 0 Å². The fourth-order valence-corrected chi connectivity index (χ4v) is 1.59.